The predicted octanol–water partition coefficient (Wildman–Crippen LogP) is 1.72. The number of halogens is 1. The van der Waals surface area contributed by atoms with Gasteiger partial charge in [0.1, 0.15) is 17.8 Å². The molecular weight excluding hydrogens is 181 g/mol. The van der Waals surface area contributed by atoms with E-state index < -0.39 is 6.17 Å². The average Bonchev–Trinajstić information content (AvgIpc) is 2.18. The number of hydrogen-bond donors (Lipinski definition) is 0. The maximum absolute atomic E-state index is 13.1. The van der Waals surface area contributed by atoms with Crippen molar-refractivity contribution in [1.82, 2.24) is 9.97 Å². The summed E-state index contributed by atoms with van der Waals surface area (Å²) in [5, 5.41) is 0. The lowest BCUT2D eigenvalue weighted by Crippen LogP contribution is -2.36. The molecule has 0 N–H and O–H groups in total. The minimum Gasteiger partial charge on any atom is -0.354 e. The van der Waals surface area contributed by atoms with E-state index in [1.807, 2.05) is 17.9 Å². The van der Waals surface area contributed by atoms with Crippen molar-refractivity contribution >= 4 is 5.82 Å². The summed E-state index contributed by atoms with van der Waals surface area (Å²) in [6.07, 6.45) is 2.60. The molecule has 1 aliphatic heterocycles. The van der Waals surface area contributed by atoms with E-state index in [-0.39, 0.29) is 0 Å². The molecule has 1 aromatic heterocycles. The number of aromatic nitrogens is 2. The van der Waals surface area contributed by atoms with Gasteiger partial charge in [-0.1, -0.05) is 0 Å². The van der Waals surface area contributed by atoms with Gasteiger partial charge in [-0.2, -0.15) is 0 Å². The molecule has 0 aliphatic carbocycles. The predicted molar refractivity (Wildman–Crippen MR) is 53.1 cm³/mol. The van der Waals surface area contributed by atoms with E-state index in [4.69, 9.17) is 0 Å². The second-order valence-corrected chi connectivity index (χ2v) is 3.65. The molecule has 14 heavy (non-hydrogen) atoms. The van der Waals surface area contributed by atoms with Crippen LogP contribution in [0.3, 0.4) is 0 Å². The summed E-state index contributed by atoms with van der Waals surface area (Å²) in [7, 11) is 0. The van der Waals surface area contributed by atoms with E-state index in [9.17, 15) is 4.39 Å². The van der Waals surface area contributed by atoms with Crippen molar-refractivity contribution < 1.29 is 4.39 Å². The Morgan fingerprint density at radius 2 is 2.43 bits per heavy atom. The zero-order valence-corrected chi connectivity index (χ0v) is 8.28. The van der Waals surface area contributed by atoms with Gasteiger partial charge in [-0.25, -0.2) is 14.4 Å². The first-order chi connectivity index (χ1) is 6.75. The Morgan fingerprint density at radius 1 is 1.57 bits per heavy atom. The number of alkyl halides is 1. The van der Waals surface area contributed by atoms with Gasteiger partial charge in [0.15, 0.2) is 0 Å². The molecule has 4 heteroatoms. The van der Waals surface area contributed by atoms with Gasteiger partial charge in [-0.15, -0.1) is 0 Å². The van der Waals surface area contributed by atoms with Gasteiger partial charge >= 0.3 is 0 Å². The lowest BCUT2D eigenvalue weighted by atomic mass is 10.1. The van der Waals surface area contributed by atoms with E-state index in [2.05, 4.69) is 9.97 Å². The van der Waals surface area contributed by atoms with Crippen molar-refractivity contribution in [2.45, 2.75) is 25.9 Å². The fraction of sp³-hybridized carbons (Fsp3) is 0.600. The van der Waals surface area contributed by atoms with E-state index in [1.165, 1.54) is 0 Å². The Balaban J connectivity index is 2.14. The Morgan fingerprint density at radius 3 is 3.14 bits per heavy atom. The van der Waals surface area contributed by atoms with Crippen LogP contribution in [0.4, 0.5) is 10.2 Å². The van der Waals surface area contributed by atoms with Crippen LogP contribution in [0.2, 0.25) is 0 Å². The minimum atomic E-state index is -0.709. The van der Waals surface area contributed by atoms with Gasteiger partial charge in [0.25, 0.3) is 0 Å². The van der Waals surface area contributed by atoms with Gasteiger partial charge < -0.3 is 4.90 Å². The van der Waals surface area contributed by atoms with Crippen LogP contribution < -0.4 is 4.90 Å². The molecule has 76 valence electrons. The highest BCUT2D eigenvalue weighted by atomic mass is 19.1. The van der Waals surface area contributed by atoms with Crippen LogP contribution in [0.15, 0.2) is 12.3 Å². The van der Waals surface area contributed by atoms with Gasteiger partial charge in [-0.05, 0) is 25.8 Å². The Hall–Kier alpha value is -1.19. The second kappa shape index (κ2) is 3.90. The van der Waals surface area contributed by atoms with Crippen molar-refractivity contribution in [2.24, 2.45) is 0 Å². The number of piperidine rings is 1. The molecule has 0 unspecified atom stereocenters. The van der Waals surface area contributed by atoms with E-state index in [0.717, 1.165) is 24.6 Å². The largest absolute Gasteiger partial charge is 0.354 e. The summed E-state index contributed by atoms with van der Waals surface area (Å²) in [6, 6.07) is 1.84. The summed E-state index contributed by atoms with van der Waals surface area (Å²) >= 11 is 0. The third kappa shape index (κ3) is 2.00. The number of hydrogen-bond acceptors (Lipinski definition) is 3. The lowest BCUT2D eigenvalue weighted by molar-refractivity contribution is 0.286. The Bertz CT molecular complexity index is 316. The van der Waals surface area contributed by atoms with Crippen LogP contribution in [0, 0.1) is 6.92 Å². The summed E-state index contributed by atoms with van der Waals surface area (Å²) < 4.78 is 13.1. The SMILES string of the molecule is Cc1nccc(N2CCC[C@H](F)C2)n1. The maximum atomic E-state index is 13.1. The molecule has 1 aliphatic rings. The molecule has 1 aromatic rings. The van der Waals surface area contributed by atoms with Gasteiger partial charge in [0.05, 0.1) is 6.54 Å². The van der Waals surface area contributed by atoms with Crippen LogP contribution in [-0.2, 0) is 0 Å². The first kappa shape index (κ1) is 9.37. The summed E-state index contributed by atoms with van der Waals surface area (Å²) in [4.78, 5) is 10.3. The normalized spacial score (nSPS) is 22.4. The van der Waals surface area contributed by atoms with E-state index in [0.29, 0.717) is 13.0 Å². The molecule has 0 radical (unpaired) electrons. The summed E-state index contributed by atoms with van der Waals surface area (Å²) in [6.45, 7) is 3.22. The first-order valence-corrected chi connectivity index (χ1v) is 4.94. The third-order valence-electron chi connectivity index (χ3n) is 2.45. The molecular formula is C10H14FN3. The molecule has 1 saturated heterocycles. The van der Waals surface area contributed by atoms with Crippen molar-refractivity contribution in [3.63, 3.8) is 0 Å². The zero-order valence-electron chi connectivity index (χ0n) is 8.28. The quantitative estimate of drug-likeness (QED) is 0.683. The highest BCUT2D eigenvalue weighted by molar-refractivity contribution is 5.38. The summed E-state index contributed by atoms with van der Waals surface area (Å²) in [5.74, 6) is 1.59. The zero-order chi connectivity index (χ0) is 9.97. The molecule has 3 nitrogen and oxygen atoms in total. The van der Waals surface area contributed by atoms with Crippen molar-refractivity contribution in [2.75, 3.05) is 18.0 Å². The molecule has 0 spiro atoms. The number of rotatable bonds is 1. The van der Waals surface area contributed by atoms with Crippen LogP contribution in [0.5, 0.6) is 0 Å². The van der Waals surface area contributed by atoms with Crippen LogP contribution in [0.25, 0.3) is 0 Å². The number of nitrogens with zero attached hydrogens (tertiary/aromatic N) is 3. The number of aryl methyl sites for hydroxylation is 1. The molecule has 2 rings (SSSR count). The monoisotopic (exact) mass is 195 g/mol. The topological polar surface area (TPSA) is 29.0 Å². The fourth-order valence-corrected chi connectivity index (χ4v) is 1.75. The standard InChI is InChI=1S/C10H14FN3/c1-8-12-5-4-10(13-8)14-6-2-3-9(11)7-14/h4-5,9H,2-3,6-7H2,1H3/t9-/m0/s1. The fourth-order valence-electron chi connectivity index (χ4n) is 1.75. The third-order valence-corrected chi connectivity index (χ3v) is 2.45. The van der Waals surface area contributed by atoms with Crippen molar-refractivity contribution in [3.05, 3.63) is 18.1 Å². The van der Waals surface area contributed by atoms with E-state index in [1.54, 1.807) is 6.20 Å². The van der Waals surface area contributed by atoms with Gasteiger partial charge in [0.2, 0.25) is 0 Å². The first-order valence-electron chi connectivity index (χ1n) is 4.94. The maximum Gasteiger partial charge on any atom is 0.132 e. The van der Waals surface area contributed by atoms with Crippen molar-refractivity contribution in [1.29, 1.82) is 0 Å². The minimum absolute atomic E-state index is 0.469. The highest BCUT2D eigenvalue weighted by Crippen LogP contribution is 2.18. The number of anilines is 1. The van der Waals surface area contributed by atoms with Crippen LogP contribution >= 0.6 is 0 Å². The van der Waals surface area contributed by atoms with Gasteiger partial charge in [-0.3, -0.25) is 0 Å². The highest BCUT2D eigenvalue weighted by Gasteiger charge is 2.19. The molecule has 1 atom stereocenters. The molecule has 0 amide bonds. The summed E-state index contributed by atoms with van der Waals surface area (Å²) in [5.41, 5.74) is 0. The lowest BCUT2D eigenvalue weighted by Gasteiger charge is -2.29. The molecule has 0 saturated carbocycles. The Kier molecular flexibility index (Phi) is 2.61. The second-order valence-electron chi connectivity index (χ2n) is 3.65. The molecule has 0 bridgehead atoms. The average molecular weight is 195 g/mol. The van der Waals surface area contributed by atoms with E-state index >= 15 is 0 Å². The smallest absolute Gasteiger partial charge is 0.132 e. The van der Waals surface area contributed by atoms with Crippen LogP contribution in [-0.4, -0.2) is 29.2 Å². The van der Waals surface area contributed by atoms with Gasteiger partial charge in [0, 0.05) is 12.7 Å². The van der Waals surface area contributed by atoms with Crippen molar-refractivity contribution in [3.8, 4) is 0 Å². The molecule has 1 fully saturated rings. The molecule has 2 heterocycles. The Labute approximate surface area is 83.0 Å². The molecule has 0 aromatic carbocycles. The van der Waals surface area contributed by atoms with Crippen LogP contribution in [0.1, 0.15) is 18.7 Å².